The zero-order valence-corrected chi connectivity index (χ0v) is 7.90. The fraction of sp³-hybridized carbons (Fsp3) is 0.429. The Morgan fingerprint density at radius 3 is 2.83 bits per heavy atom. The molecule has 0 amide bonds. The molecule has 0 aromatic carbocycles. The number of aryl methyl sites for hydroxylation is 1. The molecule has 0 fully saturated rings. The molecule has 0 aliphatic carbocycles. The topological polar surface area (TPSA) is 57.8 Å². The largest absolute Gasteiger partial charge is 0.372 e. The van der Waals surface area contributed by atoms with Crippen molar-refractivity contribution < 1.29 is 0 Å². The lowest BCUT2D eigenvalue weighted by Crippen LogP contribution is -2.14. The van der Waals surface area contributed by atoms with Gasteiger partial charge in [-0.1, -0.05) is 6.92 Å². The van der Waals surface area contributed by atoms with E-state index in [1.807, 2.05) is 6.92 Å². The van der Waals surface area contributed by atoms with Crippen LogP contribution in [0.15, 0.2) is 9.69 Å². The Balaban J connectivity index is 3.29. The maximum atomic E-state index is 11.2. The van der Waals surface area contributed by atoms with E-state index in [2.05, 4.69) is 27.9 Å². The standard InChI is InChI=1S/C7H11N3OS/c1-3-4-9-6(8-2)5(12)7(11)10-4/h12H,3H2,1-2H3,(H2,8,9,10,11). The van der Waals surface area contributed by atoms with Crippen LogP contribution in [-0.2, 0) is 6.42 Å². The van der Waals surface area contributed by atoms with Gasteiger partial charge in [0.1, 0.15) is 16.5 Å². The van der Waals surface area contributed by atoms with E-state index >= 15 is 0 Å². The highest BCUT2D eigenvalue weighted by Crippen LogP contribution is 2.10. The summed E-state index contributed by atoms with van der Waals surface area (Å²) in [5.74, 6) is 1.20. The molecule has 0 aliphatic rings. The smallest absolute Gasteiger partial charge is 0.266 e. The average Bonchev–Trinajstić information content (AvgIpc) is 2.09. The molecule has 1 aromatic heterocycles. The number of rotatable bonds is 2. The van der Waals surface area contributed by atoms with Gasteiger partial charge in [0.15, 0.2) is 0 Å². The fourth-order valence-corrected chi connectivity index (χ4v) is 1.07. The molecular weight excluding hydrogens is 174 g/mol. The number of H-pyrrole nitrogens is 1. The van der Waals surface area contributed by atoms with E-state index in [9.17, 15) is 4.79 Å². The molecule has 0 radical (unpaired) electrons. The van der Waals surface area contributed by atoms with E-state index in [-0.39, 0.29) is 5.56 Å². The minimum Gasteiger partial charge on any atom is -0.372 e. The van der Waals surface area contributed by atoms with E-state index < -0.39 is 0 Å². The SMILES string of the molecule is CCc1nc(NC)c(S)c(=O)[nH]1. The van der Waals surface area contributed by atoms with Crippen LogP contribution in [-0.4, -0.2) is 17.0 Å². The van der Waals surface area contributed by atoms with Gasteiger partial charge in [-0.15, -0.1) is 12.6 Å². The number of nitrogens with one attached hydrogen (secondary N) is 2. The summed E-state index contributed by atoms with van der Waals surface area (Å²) in [7, 11) is 1.71. The molecule has 0 saturated carbocycles. The van der Waals surface area contributed by atoms with Crippen LogP contribution in [0.1, 0.15) is 12.7 Å². The van der Waals surface area contributed by atoms with Gasteiger partial charge in [-0.25, -0.2) is 4.98 Å². The van der Waals surface area contributed by atoms with Crippen LogP contribution in [0.5, 0.6) is 0 Å². The first-order chi connectivity index (χ1) is 5.69. The number of nitrogens with zero attached hydrogens (tertiary/aromatic N) is 1. The monoisotopic (exact) mass is 185 g/mol. The van der Waals surface area contributed by atoms with Gasteiger partial charge in [-0.05, 0) is 0 Å². The third-order valence-corrected chi connectivity index (χ3v) is 1.93. The molecule has 12 heavy (non-hydrogen) atoms. The second-order valence-electron chi connectivity index (χ2n) is 2.31. The van der Waals surface area contributed by atoms with Crippen LogP contribution in [0.2, 0.25) is 0 Å². The number of thiol groups is 1. The third kappa shape index (κ3) is 1.61. The molecule has 1 aromatic rings. The summed E-state index contributed by atoms with van der Waals surface area (Å²) in [6, 6.07) is 0. The summed E-state index contributed by atoms with van der Waals surface area (Å²) in [5, 5.41) is 2.80. The van der Waals surface area contributed by atoms with Crippen LogP contribution in [0.3, 0.4) is 0 Å². The first-order valence-corrected chi connectivity index (χ1v) is 4.13. The van der Waals surface area contributed by atoms with Gasteiger partial charge in [0, 0.05) is 13.5 Å². The Morgan fingerprint density at radius 1 is 1.67 bits per heavy atom. The molecule has 0 spiro atoms. The van der Waals surface area contributed by atoms with Crippen molar-refractivity contribution in [1.29, 1.82) is 0 Å². The predicted octanol–water partition coefficient (Wildman–Crippen LogP) is 0.663. The zero-order valence-electron chi connectivity index (χ0n) is 7.01. The summed E-state index contributed by atoms with van der Waals surface area (Å²) < 4.78 is 0. The van der Waals surface area contributed by atoms with Gasteiger partial charge in [0.05, 0.1) is 0 Å². The summed E-state index contributed by atoms with van der Waals surface area (Å²) in [6.45, 7) is 1.93. The molecular formula is C7H11N3OS. The lowest BCUT2D eigenvalue weighted by molar-refractivity contribution is 0.895. The van der Waals surface area contributed by atoms with Gasteiger partial charge >= 0.3 is 0 Å². The van der Waals surface area contributed by atoms with Crippen LogP contribution >= 0.6 is 12.6 Å². The van der Waals surface area contributed by atoms with Gasteiger partial charge in [-0.2, -0.15) is 0 Å². The normalized spacial score (nSPS) is 9.92. The molecule has 0 saturated heterocycles. The van der Waals surface area contributed by atoms with Crippen molar-refractivity contribution in [1.82, 2.24) is 9.97 Å². The van der Waals surface area contributed by atoms with Crippen molar-refractivity contribution in [2.45, 2.75) is 18.2 Å². The first-order valence-electron chi connectivity index (χ1n) is 3.69. The molecule has 0 aliphatic heterocycles. The molecule has 1 rings (SSSR count). The Bertz CT molecular complexity index is 334. The zero-order chi connectivity index (χ0) is 9.14. The van der Waals surface area contributed by atoms with E-state index in [0.29, 0.717) is 23.0 Å². The molecule has 2 N–H and O–H groups in total. The van der Waals surface area contributed by atoms with E-state index in [0.717, 1.165) is 0 Å². The second-order valence-corrected chi connectivity index (χ2v) is 2.76. The van der Waals surface area contributed by atoms with Crippen molar-refractivity contribution >= 4 is 18.4 Å². The van der Waals surface area contributed by atoms with Gasteiger partial charge < -0.3 is 10.3 Å². The van der Waals surface area contributed by atoms with Gasteiger partial charge in [0.25, 0.3) is 5.56 Å². The number of hydrogen-bond donors (Lipinski definition) is 3. The average molecular weight is 185 g/mol. The number of hydrogen-bond acceptors (Lipinski definition) is 4. The molecule has 66 valence electrons. The van der Waals surface area contributed by atoms with Crippen LogP contribution in [0.25, 0.3) is 0 Å². The highest BCUT2D eigenvalue weighted by atomic mass is 32.1. The predicted molar refractivity (Wildman–Crippen MR) is 51.0 cm³/mol. The maximum absolute atomic E-state index is 11.2. The Labute approximate surface area is 75.8 Å². The van der Waals surface area contributed by atoms with E-state index in [4.69, 9.17) is 0 Å². The number of aromatic amines is 1. The Hall–Kier alpha value is -0.970. The van der Waals surface area contributed by atoms with Crippen LogP contribution in [0.4, 0.5) is 5.82 Å². The summed E-state index contributed by atoms with van der Waals surface area (Å²) >= 11 is 4.01. The molecule has 5 heteroatoms. The first kappa shape index (κ1) is 9.12. The summed E-state index contributed by atoms with van der Waals surface area (Å²) in [4.78, 5) is 18.2. The van der Waals surface area contributed by atoms with Crippen LogP contribution < -0.4 is 10.9 Å². The minimum atomic E-state index is -0.200. The maximum Gasteiger partial charge on any atom is 0.266 e. The fourth-order valence-electron chi connectivity index (χ4n) is 0.855. The number of aromatic nitrogens is 2. The Kier molecular flexibility index (Phi) is 2.75. The van der Waals surface area contributed by atoms with E-state index in [1.165, 1.54) is 0 Å². The van der Waals surface area contributed by atoms with Crippen LogP contribution in [0, 0.1) is 0 Å². The molecule has 0 unspecified atom stereocenters. The van der Waals surface area contributed by atoms with Crippen molar-refractivity contribution in [3.63, 3.8) is 0 Å². The number of anilines is 1. The second kappa shape index (κ2) is 3.62. The van der Waals surface area contributed by atoms with Crippen molar-refractivity contribution in [2.24, 2.45) is 0 Å². The Morgan fingerprint density at radius 2 is 2.33 bits per heavy atom. The highest BCUT2D eigenvalue weighted by molar-refractivity contribution is 7.80. The van der Waals surface area contributed by atoms with Gasteiger partial charge in [-0.3, -0.25) is 4.79 Å². The highest BCUT2D eigenvalue weighted by Gasteiger charge is 2.04. The van der Waals surface area contributed by atoms with Crippen molar-refractivity contribution in [3.05, 3.63) is 16.2 Å². The van der Waals surface area contributed by atoms with Crippen molar-refractivity contribution in [3.8, 4) is 0 Å². The lowest BCUT2D eigenvalue weighted by Gasteiger charge is -2.03. The third-order valence-electron chi connectivity index (χ3n) is 1.52. The summed E-state index contributed by atoms with van der Waals surface area (Å²) in [6.07, 6.45) is 0.706. The summed E-state index contributed by atoms with van der Waals surface area (Å²) in [5.41, 5.74) is -0.200. The van der Waals surface area contributed by atoms with Gasteiger partial charge in [0.2, 0.25) is 0 Å². The molecule has 0 atom stereocenters. The molecule has 4 nitrogen and oxygen atoms in total. The lowest BCUT2D eigenvalue weighted by atomic mass is 10.4. The molecule has 0 bridgehead atoms. The minimum absolute atomic E-state index is 0.200. The van der Waals surface area contributed by atoms with Crippen molar-refractivity contribution in [2.75, 3.05) is 12.4 Å². The molecule has 1 heterocycles. The van der Waals surface area contributed by atoms with E-state index in [1.54, 1.807) is 7.05 Å². The quantitative estimate of drug-likeness (QED) is 0.593.